The summed E-state index contributed by atoms with van der Waals surface area (Å²) < 4.78 is 0. The highest BCUT2D eigenvalue weighted by Gasteiger charge is 2.27. The van der Waals surface area contributed by atoms with E-state index in [9.17, 15) is 9.59 Å². The van der Waals surface area contributed by atoms with Crippen molar-refractivity contribution in [3.8, 4) is 0 Å². The van der Waals surface area contributed by atoms with E-state index in [2.05, 4.69) is 20.9 Å². The molecular formula is C20H27N5O2. The summed E-state index contributed by atoms with van der Waals surface area (Å²) in [6.45, 7) is 6.52. The number of carbonyl (C=O) groups is 2. The Morgan fingerprint density at radius 1 is 1.04 bits per heavy atom. The van der Waals surface area contributed by atoms with E-state index < -0.39 is 6.04 Å². The van der Waals surface area contributed by atoms with E-state index in [0.717, 1.165) is 11.1 Å². The molecule has 2 rings (SSSR count). The number of hydrogen-bond donors (Lipinski definition) is 4. The summed E-state index contributed by atoms with van der Waals surface area (Å²) in [5.74, 6) is -0.198. The van der Waals surface area contributed by atoms with E-state index in [0.29, 0.717) is 18.8 Å². The van der Waals surface area contributed by atoms with Gasteiger partial charge in [-0.2, -0.15) is 0 Å². The Hall–Kier alpha value is -2.93. The molecule has 3 amide bonds. The lowest BCUT2D eigenvalue weighted by Gasteiger charge is -2.25. The molecule has 0 bridgehead atoms. The zero-order valence-corrected chi connectivity index (χ0v) is 16.0. The number of amides is 3. The molecule has 0 aliphatic heterocycles. The quantitative estimate of drug-likeness (QED) is 0.627. The number of anilines is 1. The van der Waals surface area contributed by atoms with Crippen LogP contribution < -0.4 is 21.7 Å². The van der Waals surface area contributed by atoms with Gasteiger partial charge in [0.2, 0.25) is 5.91 Å². The van der Waals surface area contributed by atoms with Gasteiger partial charge in [-0.15, -0.1) is 0 Å². The molecule has 27 heavy (non-hydrogen) atoms. The fourth-order valence-corrected chi connectivity index (χ4v) is 2.31. The van der Waals surface area contributed by atoms with Gasteiger partial charge in [0.05, 0.1) is 6.04 Å². The van der Waals surface area contributed by atoms with Crippen molar-refractivity contribution in [2.24, 2.45) is 11.1 Å². The molecule has 2 aromatic rings. The molecule has 0 saturated carbocycles. The largest absolute Gasteiger partial charge is 0.351 e. The van der Waals surface area contributed by atoms with Crippen LogP contribution in [0.25, 0.3) is 0 Å². The monoisotopic (exact) mass is 369 g/mol. The van der Waals surface area contributed by atoms with Gasteiger partial charge in [-0.1, -0.05) is 32.9 Å². The highest BCUT2D eigenvalue weighted by atomic mass is 16.2. The maximum atomic E-state index is 12.1. The number of benzene rings is 1. The van der Waals surface area contributed by atoms with Crippen molar-refractivity contribution in [3.05, 3.63) is 59.9 Å². The molecule has 7 nitrogen and oxygen atoms in total. The second kappa shape index (κ2) is 9.14. The van der Waals surface area contributed by atoms with Gasteiger partial charge in [0, 0.05) is 31.2 Å². The molecule has 0 spiro atoms. The summed E-state index contributed by atoms with van der Waals surface area (Å²) in [6, 6.07) is 10.1. The highest BCUT2D eigenvalue weighted by Crippen LogP contribution is 2.17. The zero-order valence-electron chi connectivity index (χ0n) is 16.0. The summed E-state index contributed by atoms with van der Waals surface area (Å²) in [5.41, 5.74) is 8.13. The Labute approximate surface area is 159 Å². The lowest BCUT2D eigenvalue weighted by molar-refractivity contribution is -0.124. The number of aromatic nitrogens is 1. The number of rotatable bonds is 6. The van der Waals surface area contributed by atoms with Crippen LogP contribution in [-0.4, -0.2) is 23.0 Å². The average molecular weight is 369 g/mol. The molecule has 0 saturated heterocycles. The molecule has 1 aromatic heterocycles. The Morgan fingerprint density at radius 2 is 1.70 bits per heavy atom. The first-order valence-electron chi connectivity index (χ1n) is 8.81. The topological polar surface area (TPSA) is 109 Å². The van der Waals surface area contributed by atoms with Crippen molar-refractivity contribution in [1.82, 2.24) is 15.6 Å². The minimum absolute atomic E-state index is 0.198. The van der Waals surface area contributed by atoms with E-state index in [1.54, 1.807) is 18.5 Å². The third-order valence-corrected chi connectivity index (χ3v) is 4.07. The predicted octanol–water partition coefficient (Wildman–Crippen LogP) is 2.39. The third-order valence-electron chi connectivity index (χ3n) is 4.07. The molecule has 1 atom stereocenters. The van der Waals surface area contributed by atoms with Gasteiger partial charge in [0.1, 0.15) is 0 Å². The van der Waals surface area contributed by atoms with E-state index in [-0.39, 0.29) is 17.4 Å². The Kier molecular flexibility index (Phi) is 6.90. The van der Waals surface area contributed by atoms with Crippen LogP contribution in [0.5, 0.6) is 0 Å². The van der Waals surface area contributed by atoms with Gasteiger partial charge in [-0.25, -0.2) is 4.79 Å². The van der Waals surface area contributed by atoms with Crippen LogP contribution in [0, 0.1) is 5.41 Å². The lowest BCUT2D eigenvalue weighted by atomic mass is 9.87. The van der Waals surface area contributed by atoms with Gasteiger partial charge in [-0.05, 0) is 40.8 Å². The van der Waals surface area contributed by atoms with Crippen LogP contribution in [0.1, 0.15) is 31.9 Å². The van der Waals surface area contributed by atoms with Crippen LogP contribution in [0.2, 0.25) is 0 Å². The predicted molar refractivity (Wildman–Crippen MR) is 106 cm³/mol. The van der Waals surface area contributed by atoms with Crippen molar-refractivity contribution < 1.29 is 9.59 Å². The first-order chi connectivity index (χ1) is 12.8. The number of urea groups is 1. The molecule has 0 unspecified atom stereocenters. The fraction of sp³-hybridized carbons (Fsp3) is 0.350. The van der Waals surface area contributed by atoms with Gasteiger partial charge in [0.15, 0.2) is 0 Å². The average Bonchev–Trinajstić information content (AvgIpc) is 2.64. The van der Waals surface area contributed by atoms with Gasteiger partial charge < -0.3 is 21.7 Å². The van der Waals surface area contributed by atoms with Crippen molar-refractivity contribution in [1.29, 1.82) is 0 Å². The summed E-state index contributed by atoms with van der Waals surface area (Å²) in [7, 11) is 0. The minimum atomic E-state index is -0.585. The van der Waals surface area contributed by atoms with Crippen LogP contribution in [-0.2, 0) is 17.9 Å². The molecule has 1 aromatic carbocycles. The number of pyridine rings is 1. The van der Waals surface area contributed by atoms with Gasteiger partial charge >= 0.3 is 6.03 Å². The smallest absolute Gasteiger partial charge is 0.319 e. The fourth-order valence-electron chi connectivity index (χ4n) is 2.31. The molecule has 0 aliphatic carbocycles. The van der Waals surface area contributed by atoms with Gasteiger partial charge in [-0.3, -0.25) is 9.78 Å². The van der Waals surface area contributed by atoms with E-state index in [1.807, 2.05) is 51.1 Å². The van der Waals surface area contributed by atoms with E-state index in [1.165, 1.54) is 0 Å². The van der Waals surface area contributed by atoms with E-state index >= 15 is 0 Å². The SMILES string of the molecule is CC(C)(C)[C@H](N)C(=O)NCc1cccc(NC(=O)NCc2ccncc2)c1. The van der Waals surface area contributed by atoms with Crippen LogP contribution >= 0.6 is 0 Å². The second-order valence-electron chi connectivity index (χ2n) is 7.43. The van der Waals surface area contributed by atoms with Crippen molar-refractivity contribution in [2.75, 3.05) is 5.32 Å². The molecule has 0 fully saturated rings. The van der Waals surface area contributed by atoms with Crippen molar-refractivity contribution in [2.45, 2.75) is 39.9 Å². The Balaban J connectivity index is 1.85. The molecular weight excluding hydrogens is 342 g/mol. The zero-order chi connectivity index (χ0) is 19.9. The summed E-state index contributed by atoms with van der Waals surface area (Å²) >= 11 is 0. The standard InChI is InChI=1S/C20H27N5O2/c1-20(2,3)17(21)18(26)23-13-15-5-4-6-16(11-15)25-19(27)24-12-14-7-9-22-10-8-14/h4-11,17H,12-13,21H2,1-3H3,(H,23,26)(H2,24,25,27)/t17-/m1/s1. The number of nitrogens with one attached hydrogen (secondary N) is 3. The third kappa shape index (κ3) is 6.71. The van der Waals surface area contributed by atoms with E-state index in [4.69, 9.17) is 5.73 Å². The van der Waals surface area contributed by atoms with Crippen LogP contribution in [0.15, 0.2) is 48.8 Å². The number of nitrogens with two attached hydrogens (primary N) is 1. The Morgan fingerprint density at radius 3 is 2.37 bits per heavy atom. The molecule has 7 heteroatoms. The first-order valence-corrected chi connectivity index (χ1v) is 8.81. The number of nitrogens with zero attached hydrogens (tertiary/aromatic N) is 1. The van der Waals surface area contributed by atoms with Gasteiger partial charge in [0.25, 0.3) is 0 Å². The molecule has 144 valence electrons. The van der Waals surface area contributed by atoms with Crippen LogP contribution in [0.3, 0.4) is 0 Å². The first kappa shape index (κ1) is 20.4. The summed E-state index contributed by atoms with van der Waals surface area (Å²) in [6.07, 6.45) is 3.36. The summed E-state index contributed by atoms with van der Waals surface area (Å²) in [4.78, 5) is 28.1. The maximum absolute atomic E-state index is 12.1. The molecule has 0 aliphatic rings. The molecule has 5 N–H and O–H groups in total. The van der Waals surface area contributed by atoms with Crippen molar-refractivity contribution in [3.63, 3.8) is 0 Å². The van der Waals surface area contributed by atoms with Crippen LogP contribution in [0.4, 0.5) is 10.5 Å². The van der Waals surface area contributed by atoms with Crippen molar-refractivity contribution >= 4 is 17.6 Å². The lowest BCUT2D eigenvalue weighted by Crippen LogP contribution is -2.48. The maximum Gasteiger partial charge on any atom is 0.319 e. The molecule has 1 heterocycles. The second-order valence-corrected chi connectivity index (χ2v) is 7.43. The molecule has 0 radical (unpaired) electrons. The minimum Gasteiger partial charge on any atom is -0.351 e. The Bertz CT molecular complexity index is 771. The number of carbonyl (C=O) groups excluding carboxylic acids is 2. The normalized spacial score (nSPS) is 12.1. The highest BCUT2D eigenvalue weighted by molar-refractivity contribution is 5.89. The summed E-state index contributed by atoms with van der Waals surface area (Å²) in [5, 5.41) is 8.40. The number of hydrogen-bond acceptors (Lipinski definition) is 4.